The van der Waals surface area contributed by atoms with E-state index in [1.807, 2.05) is 0 Å². The van der Waals surface area contributed by atoms with Crippen LogP contribution < -0.4 is 5.73 Å². The SMILES string of the molecule is Cc1ccc(S(=O)(=O)OC(=O)[C@@]2(N)[C@H]3[C@@H](C[C@@H]2F)[C@@H]3C(=O)O[C@H](C)OC(=O)C23CC4CC(CC(C4)C2)C3)cc1. The second-order valence-electron chi connectivity index (χ2n) is 12.6. The highest BCUT2D eigenvalue weighted by Crippen LogP contribution is 2.63. The molecule has 1 aromatic rings. The fourth-order valence-electron chi connectivity index (χ4n) is 8.37. The van der Waals surface area contributed by atoms with Gasteiger partial charge in [-0.1, -0.05) is 17.7 Å². The van der Waals surface area contributed by atoms with Gasteiger partial charge in [-0.3, -0.25) is 9.59 Å². The first-order chi connectivity index (χ1) is 18.3. The molecule has 0 heterocycles. The highest BCUT2D eigenvalue weighted by Gasteiger charge is 2.75. The van der Waals surface area contributed by atoms with E-state index in [2.05, 4.69) is 0 Å². The molecule has 2 N–H and O–H groups in total. The van der Waals surface area contributed by atoms with Crippen LogP contribution in [0, 0.1) is 47.8 Å². The molecule has 0 spiro atoms. The molecule has 6 saturated carbocycles. The van der Waals surface area contributed by atoms with Gasteiger partial charge in [0.2, 0.25) is 6.29 Å². The summed E-state index contributed by atoms with van der Waals surface area (Å²) in [7, 11) is -4.54. The van der Waals surface area contributed by atoms with Gasteiger partial charge < -0.3 is 19.4 Å². The van der Waals surface area contributed by atoms with Gasteiger partial charge in [-0.05, 0) is 87.7 Å². The van der Waals surface area contributed by atoms with E-state index < -0.39 is 63.2 Å². The van der Waals surface area contributed by atoms with Crippen LogP contribution in [-0.4, -0.2) is 44.3 Å². The van der Waals surface area contributed by atoms with Crippen LogP contribution in [0.15, 0.2) is 29.2 Å². The zero-order valence-corrected chi connectivity index (χ0v) is 22.8. The van der Waals surface area contributed by atoms with Gasteiger partial charge in [-0.15, -0.1) is 0 Å². The monoisotopic (exact) mass is 563 g/mol. The average Bonchev–Trinajstić information content (AvgIpc) is 3.49. The predicted octanol–water partition coefficient (Wildman–Crippen LogP) is 3.18. The van der Waals surface area contributed by atoms with Crippen molar-refractivity contribution in [1.29, 1.82) is 0 Å². The molecular weight excluding hydrogens is 529 g/mol. The Kier molecular flexibility index (Phi) is 6.15. The standard InChI is InChI=1S/C28H34FNO8S/c1-14-3-5-19(6-4-14)39(34,35)38-26(33)28(30)21(29)10-20-22(23(20)28)24(31)36-15(2)37-25(32)27-11-16-7-17(12-27)9-18(8-16)13-27/h3-6,15-18,20-23H,7-13,30H2,1-2H3/t15-,16?,17?,18?,20-,21-,22-,23-,27?,28-/m0/s1. The number of esters is 2. The van der Waals surface area contributed by atoms with Gasteiger partial charge in [-0.25, -0.2) is 9.18 Å². The summed E-state index contributed by atoms with van der Waals surface area (Å²) in [4.78, 5) is 38.8. The summed E-state index contributed by atoms with van der Waals surface area (Å²) in [5, 5.41) is 0. The molecule has 0 saturated heterocycles. The number of ether oxygens (including phenoxy) is 2. The zero-order chi connectivity index (χ0) is 27.9. The van der Waals surface area contributed by atoms with Crippen molar-refractivity contribution >= 4 is 28.0 Å². The molecule has 0 aromatic heterocycles. The van der Waals surface area contributed by atoms with Crippen molar-refractivity contribution in [2.24, 2.45) is 46.7 Å². The smallest absolute Gasteiger partial charge is 0.345 e. The second-order valence-corrected chi connectivity index (χ2v) is 14.1. The Balaban J connectivity index is 1.08. The molecule has 39 heavy (non-hydrogen) atoms. The highest BCUT2D eigenvalue weighted by atomic mass is 32.2. The first kappa shape index (κ1) is 26.7. The third-order valence-corrected chi connectivity index (χ3v) is 11.1. The molecule has 0 aliphatic heterocycles. The third kappa shape index (κ3) is 4.36. The summed E-state index contributed by atoms with van der Waals surface area (Å²) in [6.45, 7) is 3.23. The van der Waals surface area contributed by atoms with Crippen LogP contribution in [0.5, 0.6) is 0 Å². The lowest BCUT2D eigenvalue weighted by Crippen LogP contribution is -2.57. The number of rotatable bonds is 7. The Morgan fingerprint density at radius 1 is 0.949 bits per heavy atom. The molecule has 0 unspecified atom stereocenters. The van der Waals surface area contributed by atoms with Crippen LogP contribution >= 0.6 is 0 Å². The lowest BCUT2D eigenvalue weighted by atomic mass is 9.49. The second kappa shape index (κ2) is 8.99. The first-order valence-electron chi connectivity index (χ1n) is 13.7. The Bertz CT molecular complexity index is 1280. The number of benzene rings is 1. The molecule has 4 bridgehead atoms. The maximum atomic E-state index is 14.9. The molecule has 212 valence electrons. The van der Waals surface area contributed by atoms with Gasteiger partial charge >= 0.3 is 28.0 Å². The largest absolute Gasteiger partial charge is 0.425 e. The maximum Gasteiger partial charge on any atom is 0.345 e. The van der Waals surface area contributed by atoms with Crippen LogP contribution in [0.2, 0.25) is 0 Å². The van der Waals surface area contributed by atoms with Crippen LogP contribution in [-0.2, 0) is 38.2 Å². The van der Waals surface area contributed by atoms with Crippen molar-refractivity contribution in [2.45, 2.75) is 81.7 Å². The number of fused-ring (bicyclic) bond motifs is 1. The number of carbonyl (C=O) groups is 3. The van der Waals surface area contributed by atoms with E-state index in [1.54, 1.807) is 6.92 Å². The molecule has 1 aromatic carbocycles. The van der Waals surface area contributed by atoms with Gasteiger partial charge in [-0.2, -0.15) is 8.42 Å². The van der Waals surface area contributed by atoms with Crippen molar-refractivity contribution in [1.82, 2.24) is 0 Å². The Hall–Kier alpha value is -2.53. The van der Waals surface area contributed by atoms with Gasteiger partial charge in [0.05, 0.1) is 11.3 Å². The van der Waals surface area contributed by atoms with Gasteiger partial charge in [0, 0.05) is 12.8 Å². The topological polar surface area (TPSA) is 139 Å². The molecule has 0 amide bonds. The first-order valence-corrected chi connectivity index (χ1v) is 15.1. The number of nitrogens with two attached hydrogens (primary N) is 1. The molecule has 6 atom stereocenters. The normalized spacial score (nSPS) is 40.5. The molecule has 6 fully saturated rings. The van der Waals surface area contributed by atoms with E-state index >= 15 is 0 Å². The lowest BCUT2D eigenvalue weighted by molar-refractivity contribution is -0.202. The number of halogens is 1. The van der Waals surface area contributed by atoms with E-state index in [1.165, 1.54) is 50.5 Å². The van der Waals surface area contributed by atoms with Gasteiger partial charge in [0.1, 0.15) is 11.1 Å². The summed E-state index contributed by atoms with van der Waals surface area (Å²) in [5.74, 6) is -3.39. The summed E-state index contributed by atoms with van der Waals surface area (Å²) >= 11 is 0. The molecular formula is C28H34FNO8S. The van der Waals surface area contributed by atoms with E-state index in [0.29, 0.717) is 17.8 Å². The Morgan fingerprint density at radius 2 is 1.51 bits per heavy atom. The van der Waals surface area contributed by atoms with Crippen LogP contribution in [0.1, 0.15) is 57.4 Å². The summed E-state index contributed by atoms with van der Waals surface area (Å²) < 4.78 is 55.9. The number of alkyl halides is 1. The lowest BCUT2D eigenvalue weighted by Gasteiger charge is -2.55. The van der Waals surface area contributed by atoms with E-state index in [4.69, 9.17) is 19.4 Å². The van der Waals surface area contributed by atoms with Crippen molar-refractivity contribution in [2.75, 3.05) is 0 Å². The zero-order valence-electron chi connectivity index (χ0n) is 22.0. The van der Waals surface area contributed by atoms with Crippen LogP contribution in [0.3, 0.4) is 0 Å². The molecule has 11 heteroatoms. The number of carbonyl (C=O) groups excluding carboxylic acids is 3. The minimum Gasteiger partial charge on any atom is -0.425 e. The number of aryl methyl sites for hydroxylation is 1. The Morgan fingerprint density at radius 3 is 2.08 bits per heavy atom. The third-order valence-electron chi connectivity index (χ3n) is 9.86. The van der Waals surface area contributed by atoms with Crippen LogP contribution in [0.4, 0.5) is 4.39 Å². The number of hydrogen-bond donors (Lipinski definition) is 1. The molecule has 0 radical (unpaired) electrons. The van der Waals surface area contributed by atoms with E-state index in [0.717, 1.165) is 24.8 Å². The van der Waals surface area contributed by atoms with Crippen LogP contribution in [0.25, 0.3) is 0 Å². The molecule has 9 nitrogen and oxygen atoms in total. The maximum absolute atomic E-state index is 14.9. The van der Waals surface area contributed by atoms with Gasteiger partial charge in [0.25, 0.3) is 0 Å². The van der Waals surface area contributed by atoms with Crippen molar-refractivity contribution < 1.29 is 40.8 Å². The number of hydrogen-bond acceptors (Lipinski definition) is 9. The molecule has 6 aliphatic rings. The Labute approximate surface area is 227 Å². The van der Waals surface area contributed by atoms with Crippen molar-refractivity contribution in [3.05, 3.63) is 29.8 Å². The highest BCUT2D eigenvalue weighted by molar-refractivity contribution is 7.87. The minimum absolute atomic E-state index is 0.206. The minimum atomic E-state index is -4.54. The molecule has 7 rings (SSSR count). The quantitative estimate of drug-likeness (QED) is 0.301. The van der Waals surface area contributed by atoms with Crippen molar-refractivity contribution in [3.8, 4) is 0 Å². The van der Waals surface area contributed by atoms with E-state index in [-0.39, 0.29) is 17.3 Å². The summed E-state index contributed by atoms with van der Waals surface area (Å²) in [6, 6.07) is 5.61. The van der Waals surface area contributed by atoms with E-state index in [9.17, 15) is 27.2 Å². The molecule has 6 aliphatic carbocycles. The summed E-state index contributed by atoms with van der Waals surface area (Å²) in [6.07, 6.45) is 2.71. The fraction of sp³-hybridized carbons (Fsp3) is 0.679. The van der Waals surface area contributed by atoms with Gasteiger partial charge in [0.15, 0.2) is 5.54 Å². The fourth-order valence-corrected chi connectivity index (χ4v) is 9.28. The van der Waals surface area contributed by atoms with Crippen molar-refractivity contribution in [3.63, 3.8) is 0 Å². The summed E-state index contributed by atoms with van der Waals surface area (Å²) in [5.41, 5.74) is 4.12. The average molecular weight is 564 g/mol. The predicted molar refractivity (Wildman–Crippen MR) is 134 cm³/mol.